The van der Waals surface area contributed by atoms with Crippen LogP contribution in [0.5, 0.6) is 0 Å². The Morgan fingerprint density at radius 2 is 0.883 bits per heavy atom. The third-order valence-electron chi connectivity index (χ3n) is 11.4. The number of hydrogen-bond donors (Lipinski definition) is 0. The first-order chi connectivity index (χ1) is 29.0. The maximum Gasteiger partial charge on any atom is 0.306 e. The molecule has 0 radical (unpaired) electrons. The predicted octanol–water partition coefficient (Wildman–Crippen LogP) is 14.3. The molecule has 356 valence electrons. The lowest BCUT2D eigenvalue weighted by Gasteiger charge is -2.28. The van der Waals surface area contributed by atoms with E-state index in [0.29, 0.717) is 17.4 Å². The molecule has 60 heavy (non-hydrogen) atoms. The van der Waals surface area contributed by atoms with Crippen molar-refractivity contribution in [3.63, 3.8) is 0 Å². The van der Waals surface area contributed by atoms with E-state index in [0.717, 1.165) is 44.9 Å². The van der Waals surface area contributed by atoms with Gasteiger partial charge in [-0.15, -0.1) is 6.58 Å². The van der Waals surface area contributed by atoms with Gasteiger partial charge in [0.1, 0.15) is 19.8 Å². The SMILES string of the molecule is C=CCCCCCCCCCCCCCCCC(=O)O[C@@H](COC(=O)CCCCCCCCCCCCCCCCCCCCCCC)COP(=O)([O-])OCC[N+](C)(C)C. The van der Waals surface area contributed by atoms with Gasteiger partial charge in [0, 0.05) is 12.8 Å². The Kier molecular flexibility index (Phi) is 42.1. The second-order valence-corrected chi connectivity index (χ2v) is 20.0. The van der Waals surface area contributed by atoms with Crippen molar-refractivity contribution in [1.29, 1.82) is 0 Å². The minimum atomic E-state index is -4.62. The molecule has 0 aromatic rings. The van der Waals surface area contributed by atoms with E-state index < -0.39 is 26.5 Å². The fourth-order valence-corrected chi connectivity index (χ4v) is 8.19. The van der Waals surface area contributed by atoms with E-state index in [4.69, 9.17) is 18.5 Å². The number of allylic oxidation sites excluding steroid dienone is 1. The number of quaternary nitrogens is 1. The molecule has 1 unspecified atom stereocenters. The monoisotopic (exact) mass is 872 g/mol. The third kappa shape index (κ3) is 46.3. The number of rotatable bonds is 48. The molecule has 9 nitrogen and oxygen atoms in total. The highest BCUT2D eigenvalue weighted by Crippen LogP contribution is 2.38. The highest BCUT2D eigenvalue weighted by atomic mass is 31.2. The Morgan fingerprint density at radius 1 is 0.533 bits per heavy atom. The molecule has 0 heterocycles. The van der Waals surface area contributed by atoms with Crippen LogP contribution in [0.3, 0.4) is 0 Å². The number of esters is 2. The molecule has 0 aliphatic carbocycles. The van der Waals surface area contributed by atoms with Crippen molar-refractivity contribution in [3.05, 3.63) is 12.7 Å². The number of ether oxygens (including phenoxy) is 2. The van der Waals surface area contributed by atoms with Crippen LogP contribution in [-0.2, 0) is 32.7 Å². The van der Waals surface area contributed by atoms with Crippen molar-refractivity contribution in [2.45, 2.75) is 251 Å². The lowest BCUT2D eigenvalue weighted by molar-refractivity contribution is -0.870. The number of phosphoric acid groups is 1. The Labute approximate surface area is 371 Å². The zero-order valence-electron chi connectivity index (χ0n) is 40.0. The summed E-state index contributed by atoms with van der Waals surface area (Å²) in [5, 5.41) is 0. The molecule has 0 saturated heterocycles. The topological polar surface area (TPSA) is 111 Å². The van der Waals surface area contributed by atoms with Crippen LogP contribution in [0.2, 0.25) is 0 Å². The number of nitrogens with zero attached hydrogens (tertiary/aromatic N) is 1. The lowest BCUT2D eigenvalue weighted by atomic mass is 10.0. The summed E-state index contributed by atoms with van der Waals surface area (Å²) < 4.78 is 34.0. The van der Waals surface area contributed by atoms with E-state index in [2.05, 4.69) is 13.5 Å². The molecule has 0 saturated carbocycles. The molecule has 0 N–H and O–H groups in total. The quantitative estimate of drug-likeness (QED) is 0.0195. The molecule has 0 aliphatic heterocycles. The Hall–Kier alpha value is -1.25. The summed E-state index contributed by atoms with van der Waals surface area (Å²) in [6.45, 7) is 5.80. The van der Waals surface area contributed by atoms with Gasteiger partial charge < -0.3 is 27.9 Å². The molecule has 0 rings (SSSR count). The molecular formula is C50H98NO8P. The molecule has 0 aromatic carbocycles. The number of phosphoric ester groups is 1. The van der Waals surface area contributed by atoms with Gasteiger partial charge in [-0.25, -0.2) is 0 Å². The molecule has 0 amide bonds. The van der Waals surface area contributed by atoms with Crippen LogP contribution in [0, 0.1) is 0 Å². The van der Waals surface area contributed by atoms with Gasteiger partial charge in [0.15, 0.2) is 6.10 Å². The second-order valence-electron chi connectivity index (χ2n) is 18.6. The predicted molar refractivity (Wildman–Crippen MR) is 250 cm³/mol. The molecule has 0 aliphatic rings. The van der Waals surface area contributed by atoms with Crippen molar-refractivity contribution >= 4 is 19.8 Å². The van der Waals surface area contributed by atoms with Crippen molar-refractivity contribution in [2.75, 3.05) is 47.5 Å². The summed E-state index contributed by atoms with van der Waals surface area (Å²) >= 11 is 0. The molecular weight excluding hydrogens is 774 g/mol. The van der Waals surface area contributed by atoms with E-state index in [-0.39, 0.29) is 32.0 Å². The van der Waals surface area contributed by atoms with Gasteiger partial charge in [0.05, 0.1) is 27.7 Å². The Balaban J connectivity index is 4.17. The van der Waals surface area contributed by atoms with Gasteiger partial charge in [-0.2, -0.15) is 0 Å². The minimum Gasteiger partial charge on any atom is -0.756 e. The van der Waals surface area contributed by atoms with Crippen LogP contribution in [0.1, 0.15) is 244 Å². The number of carbonyl (C=O) groups is 2. The first-order valence-electron chi connectivity index (χ1n) is 25.4. The highest BCUT2D eigenvalue weighted by molar-refractivity contribution is 7.45. The first kappa shape index (κ1) is 58.8. The average Bonchev–Trinajstić information content (AvgIpc) is 3.20. The van der Waals surface area contributed by atoms with E-state index in [1.165, 1.54) is 173 Å². The fraction of sp³-hybridized carbons (Fsp3) is 0.920. The smallest absolute Gasteiger partial charge is 0.306 e. The molecule has 0 aromatic heterocycles. The van der Waals surface area contributed by atoms with Crippen LogP contribution in [0.4, 0.5) is 0 Å². The Bertz CT molecular complexity index is 1020. The van der Waals surface area contributed by atoms with Crippen molar-refractivity contribution < 1.29 is 42.1 Å². The zero-order chi connectivity index (χ0) is 44.3. The summed E-state index contributed by atoms with van der Waals surface area (Å²) in [7, 11) is 1.18. The summed E-state index contributed by atoms with van der Waals surface area (Å²) in [4.78, 5) is 37.7. The minimum absolute atomic E-state index is 0.0278. The zero-order valence-corrected chi connectivity index (χ0v) is 40.9. The van der Waals surface area contributed by atoms with Gasteiger partial charge in [-0.1, -0.05) is 212 Å². The maximum absolute atomic E-state index is 12.7. The normalized spacial score (nSPS) is 13.3. The summed E-state index contributed by atoms with van der Waals surface area (Å²) in [5.74, 6) is -0.822. The fourth-order valence-electron chi connectivity index (χ4n) is 7.46. The largest absolute Gasteiger partial charge is 0.756 e. The van der Waals surface area contributed by atoms with Crippen LogP contribution in [-0.4, -0.2) is 70.0 Å². The molecule has 10 heteroatoms. The van der Waals surface area contributed by atoms with E-state index in [1.54, 1.807) is 0 Å². The van der Waals surface area contributed by atoms with Gasteiger partial charge in [-0.3, -0.25) is 14.2 Å². The molecule has 0 spiro atoms. The summed E-state index contributed by atoms with van der Waals surface area (Å²) in [6, 6.07) is 0. The number of likely N-dealkylation sites (N-methyl/N-ethyl adjacent to an activating group) is 1. The van der Waals surface area contributed by atoms with Crippen LogP contribution in [0.25, 0.3) is 0 Å². The Morgan fingerprint density at radius 3 is 1.25 bits per heavy atom. The lowest BCUT2D eigenvalue weighted by Crippen LogP contribution is -2.37. The van der Waals surface area contributed by atoms with Crippen LogP contribution < -0.4 is 4.89 Å². The van der Waals surface area contributed by atoms with E-state index in [1.807, 2.05) is 27.2 Å². The average molecular weight is 872 g/mol. The van der Waals surface area contributed by atoms with Gasteiger partial charge in [-0.05, 0) is 25.7 Å². The van der Waals surface area contributed by atoms with Crippen molar-refractivity contribution in [3.8, 4) is 0 Å². The standard InChI is InChI=1S/C50H98NO8P/c1-6-8-10-12-14-16-18-20-22-23-24-25-26-27-29-30-32-34-36-38-40-42-49(52)56-46-48(47-58-60(54,55)57-45-44-51(3,4)5)59-50(53)43-41-39-37-35-33-31-28-21-19-17-15-13-11-9-7-2/h7,48H,2,6,8-47H2,1,3-5H3/t48-/m0/s1. The number of hydrogen-bond acceptors (Lipinski definition) is 8. The van der Waals surface area contributed by atoms with Crippen LogP contribution >= 0.6 is 7.82 Å². The van der Waals surface area contributed by atoms with Crippen molar-refractivity contribution in [1.82, 2.24) is 0 Å². The first-order valence-corrected chi connectivity index (χ1v) is 26.8. The number of unbranched alkanes of at least 4 members (excludes halogenated alkanes) is 33. The molecule has 0 fully saturated rings. The maximum atomic E-state index is 12.7. The summed E-state index contributed by atoms with van der Waals surface area (Å²) in [6.07, 6.45) is 45.6. The van der Waals surface area contributed by atoms with Gasteiger partial charge in [0.25, 0.3) is 7.82 Å². The van der Waals surface area contributed by atoms with Gasteiger partial charge >= 0.3 is 11.9 Å². The van der Waals surface area contributed by atoms with Gasteiger partial charge in [0.2, 0.25) is 0 Å². The van der Waals surface area contributed by atoms with Crippen molar-refractivity contribution in [2.24, 2.45) is 0 Å². The molecule has 2 atom stereocenters. The third-order valence-corrected chi connectivity index (χ3v) is 12.4. The summed E-state index contributed by atoms with van der Waals surface area (Å²) in [5.41, 5.74) is 0. The number of carbonyl (C=O) groups excluding carboxylic acids is 2. The van der Waals surface area contributed by atoms with E-state index >= 15 is 0 Å². The highest BCUT2D eigenvalue weighted by Gasteiger charge is 2.21. The van der Waals surface area contributed by atoms with Crippen LogP contribution in [0.15, 0.2) is 12.7 Å². The molecule has 0 bridgehead atoms. The van der Waals surface area contributed by atoms with E-state index in [9.17, 15) is 19.0 Å². The second kappa shape index (κ2) is 43.0.